The molecule has 3 aromatic rings. The van der Waals surface area contributed by atoms with Crippen LogP contribution in [0.3, 0.4) is 0 Å². The Labute approximate surface area is 231 Å². The Hall–Kier alpha value is -4.42. The average molecular weight is 554 g/mol. The van der Waals surface area contributed by atoms with Gasteiger partial charge in [0.15, 0.2) is 0 Å². The normalized spacial score (nSPS) is 14.2. The molecule has 214 valence electrons. The number of nitrogens with one attached hydrogen (secondary N) is 4. The smallest absolute Gasteiger partial charge is 0.326 e. The Morgan fingerprint density at radius 3 is 2.08 bits per heavy atom. The minimum absolute atomic E-state index is 0.00919. The number of aliphatic hydroxyl groups excluding tert-OH is 1. The van der Waals surface area contributed by atoms with Crippen LogP contribution in [0.2, 0.25) is 0 Å². The lowest BCUT2D eigenvalue weighted by atomic mass is 10.0. The van der Waals surface area contributed by atoms with Crippen molar-refractivity contribution in [3.8, 4) is 5.75 Å². The van der Waals surface area contributed by atoms with Gasteiger partial charge in [-0.1, -0.05) is 44.2 Å². The second kappa shape index (κ2) is 13.6. The van der Waals surface area contributed by atoms with Crippen molar-refractivity contribution < 1.29 is 34.5 Å². The van der Waals surface area contributed by atoms with Gasteiger partial charge in [0, 0.05) is 29.9 Å². The van der Waals surface area contributed by atoms with Crippen LogP contribution in [0.15, 0.2) is 54.7 Å². The number of rotatable bonds is 13. The number of carbonyl (C=O) groups is 4. The number of phenols is 1. The number of amides is 3. The molecule has 2 aromatic carbocycles. The summed E-state index contributed by atoms with van der Waals surface area (Å²) in [4.78, 5) is 54.0. The number of aliphatic carboxylic acids is 1. The van der Waals surface area contributed by atoms with E-state index in [-0.39, 0.29) is 24.5 Å². The van der Waals surface area contributed by atoms with Gasteiger partial charge in [-0.15, -0.1) is 0 Å². The molecule has 1 aromatic heterocycles. The SMILES string of the molecule is CC(C)C(N)C(=O)NC(CO)C(=O)NC(Cc1c[nH]c2ccccc12)C(=O)NC(Cc1ccc(O)cc1)C(=O)O. The number of carboxylic acid groups (broad SMARTS) is 1. The number of aromatic amines is 1. The van der Waals surface area contributed by atoms with Crippen molar-refractivity contribution in [2.75, 3.05) is 6.61 Å². The molecule has 40 heavy (non-hydrogen) atoms. The zero-order valence-corrected chi connectivity index (χ0v) is 22.3. The number of hydrogen-bond acceptors (Lipinski definition) is 7. The van der Waals surface area contributed by atoms with Crippen molar-refractivity contribution in [1.82, 2.24) is 20.9 Å². The molecule has 0 aliphatic heterocycles. The Kier molecular flexibility index (Phi) is 10.2. The summed E-state index contributed by atoms with van der Waals surface area (Å²) in [7, 11) is 0. The van der Waals surface area contributed by atoms with Crippen LogP contribution in [0, 0.1) is 5.92 Å². The summed E-state index contributed by atoms with van der Waals surface area (Å²) in [5.74, 6) is -3.74. The number of aromatic hydroxyl groups is 1. The average Bonchev–Trinajstić information content (AvgIpc) is 3.33. The third kappa shape index (κ3) is 7.80. The molecular formula is C28H35N5O7. The lowest BCUT2D eigenvalue weighted by Crippen LogP contribution is -2.59. The van der Waals surface area contributed by atoms with Gasteiger partial charge in [-0.25, -0.2) is 4.79 Å². The number of aliphatic hydroxyl groups is 1. The van der Waals surface area contributed by atoms with E-state index in [4.69, 9.17) is 5.73 Å². The fraction of sp³-hybridized carbons (Fsp3) is 0.357. The highest BCUT2D eigenvalue weighted by Gasteiger charge is 2.31. The molecule has 3 amide bonds. The summed E-state index contributed by atoms with van der Waals surface area (Å²) in [6.07, 6.45) is 1.61. The largest absolute Gasteiger partial charge is 0.508 e. The van der Waals surface area contributed by atoms with Gasteiger partial charge in [0.1, 0.15) is 23.9 Å². The number of hydrogen-bond donors (Lipinski definition) is 8. The number of phenolic OH excluding ortho intramolecular Hbond substituents is 1. The van der Waals surface area contributed by atoms with E-state index >= 15 is 0 Å². The molecule has 0 spiro atoms. The maximum absolute atomic E-state index is 13.4. The standard InChI is InChI=1S/C28H35N5O7/c1-15(2)24(29)27(38)33-23(14-34)26(37)31-21(12-17-13-30-20-6-4-3-5-19(17)20)25(36)32-22(28(39)40)11-16-7-9-18(35)10-8-16/h3-10,13,15,21-24,30,34-35H,11-12,14,29H2,1-2H3,(H,31,37)(H,32,36)(H,33,38)(H,39,40). The first-order valence-electron chi connectivity index (χ1n) is 12.8. The highest BCUT2D eigenvalue weighted by Crippen LogP contribution is 2.19. The molecule has 0 radical (unpaired) electrons. The molecule has 9 N–H and O–H groups in total. The minimum Gasteiger partial charge on any atom is -0.508 e. The Balaban J connectivity index is 1.83. The van der Waals surface area contributed by atoms with Crippen LogP contribution in [-0.4, -0.2) is 74.8 Å². The predicted octanol–water partition coefficient (Wildman–Crippen LogP) is 0.173. The van der Waals surface area contributed by atoms with Crippen LogP contribution in [0.1, 0.15) is 25.0 Å². The van der Waals surface area contributed by atoms with Crippen molar-refractivity contribution in [2.24, 2.45) is 11.7 Å². The fourth-order valence-corrected chi connectivity index (χ4v) is 4.11. The quantitative estimate of drug-likeness (QED) is 0.146. The fourth-order valence-electron chi connectivity index (χ4n) is 4.11. The van der Waals surface area contributed by atoms with E-state index in [0.29, 0.717) is 11.1 Å². The maximum atomic E-state index is 13.4. The molecule has 0 saturated carbocycles. The number of carboxylic acids is 1. The first kappa shape index (κ1) is 30.1. The summed E-state index contributed by atoms with van der Waals surface area (Å²) in [6, 6.07) is 8.35. The number of aromatic nitrogens is 1. The van der Waals surface area contributed by atoms with Gasteiger partial charge in [0.05, 0.1) is 12.6 Å². The second-order valence-corrected chi connectivity index (χ2v) is 9.91. The number of nitrogens with two attached hydrogens (primary N) is 1. The van der Waals surface area contributed by atoms with E-state index < -0.39 is 54.5 Å². The molecule has 4 atom stereocenters. The van der Waals surface area contributed by atoms with Crippen molar-refractivity contribution in [1.29, 1.82) is 0 Å². The van der Waals surface area contributed by atoms with E-state index in [1.54, 1.807) is 32.2 Å². The van der Waals surface area contributed by atoms with Crippen LogP contribution >= 0.6 is 0 Å². The molecule has 1 heterocycles. The third-order valence-electron chi connectivity index (χ3n) is 6.56. The molecule has 12 heteroatoms. The molecule has 0 aliphatic carbocycles. The summed E-state index contributed by atoms with van der Waals surface area (Å²) in [6.45, 7) is 2.72. The number of H-pyrrole nitrogens is 1. The zero-order valence-electron chi connectivity index (χ0n) is 22.3. The Morgan fingerprint density at radius 1 is 0.850 bits per heavy atom. The zero-order chi connectivity index (χ0) is 29.4. The predicted molar refractivity (Wildman–Crippen MR) is 147 cm³/mol. The Bertz CT molecular complexity index is 1340. The molecule has 0 fully saturated rings. The summed E-state index contributed by atoms with van der Waals surface area (Å²) >= 11 is 0. The van der Waals surface area contributed by atoms with Gasteiger partial charge in [0.25, 0.3) is 0 Å². The Morgan fingerprint density at radius 2 is 1.45 bits per heavy atom. The lowest BCUT2D eigenvalue weighted by Gasteiger charge is -2.25. The number of carbonyl (C=O) groups excluding carboxylic acids is 3. The number of para-hydroxylation sites is 1. The lowest BCUT2D eigenvalue weighted by molar-refractivity contribution is -0.142. The van der Waals surface area contributed by atoms with Gasteiger partial charge in [0.2, 0.25) is 17.7 Å². The summed E-state index contributed by atoms with van der Waals surface area (Å²) in [5.41, 5.74) is 7.91. The van der Waals surface area contributed by atoms with Gasteiger partial charge >= 0.3 is 5.97 Å². The molecule has 12 nitrogen and oxygen atoms in total. The van der Waals surface area contributed by atoms with E-state index in [1.165, 1.54) is 12.1 Å². The number of fused-ring (bicyclic) bond motifs is 1. The van der Waals surface area contributed by atoms with E-state index in [0.717, 1.165) is 10.9 Å². The van der Waals surface area contributed by atoms with Crippen molar-refractivity contribution in [3.63, 3.8) is 0 Å². The molecular weight excluding hydrogens is 518 g/mol. The van der Waals surface area contributed by atoms with Crippen LogP contribution in [0.4, 0.5) is 0 Å². The van der Waals surface area contributed by atoms with Gasteiger partial charge in [-0.2, -0.15) is 0 Å². The van der Waals surface area contributed by atoms with Crippen LogP contribution in [0.25, 0.3) is 10.9 Å². The maximum Gasteiger partial charge on any atom is 0.326 e. The second-order valence-electron chi connectivity index (χ2n) is 9.91. The topological polar surface area (TPSA) is 207 Å². The minimum atomic E-state index is -1.39. The molecule has 3 rings (SSSR count). The van der Waals surface area contributed by atoms with Crippen molar-refractivity contribution in [3.05, 3.63) is 65.9 Å². The molecule has 0 aliphatic rings. The first-order valence-corrected chi connectivity index (χ1v) is 12.8. The highest BCUT2D eigenvalue weighted by atomic mass is 16.4. The molecule has 0 bridgehead atoms. The van der Waals surface area contributed by atoms with E-state index in [9.17, 15) is 34.5 Å². The van der Waals surface area contributed by atoms with Crippen LogP contribution in [-0.2, 0) is 32.0 Å². The highest BCUT2D eigenvalue weighted by molar-refractivity contribution is 5.95. The third-order valence-corrected chi connectivity index (χ3v) is 6.56. The van der Waals surface area contributed by atoms with Crippen molar-refractivity contribution in [2.45, 2.75) is 50.9 Å². The molecule has 0 saturated heterocycles. The first-order chi connectivity index (χ1) is 19.0. The van der Waals surface area contributed by atoms with Gasteiger partial charge in [-0.3, -0.25) is 14.4 Å². The van der Waals surface area contributed by atoms with E-state index in [1.807, 2.05) is 24.3 Å². The van der Waals surface area contributed by atoms with Crippen LogP contribution < -0.4 is 21.7 Å². The van der Waals surface area contributed by atoms with Gasteiger partial charge < -0.3 is 42.0 Å². The molecule has 4 unspecified atom stereocenters. The summed E-state index contributed by atoms with van der Waals surface area (Å²) in [5, 5.41) is 37.3. The monoisotopic (exact) mass is 553 g/mol. The van der Waals surface area contributed by atoms with Gasteiger partial charge in [-0.05, 0) is 35.2 Å². The number of benzene rings is 2. The van der Waals surface area contributed by atoms with E-state index in [2.05, 4.69) is 20.9 Å². The van der Waals surface area contributed by atoms with Crippen molar-refractivity contribution >= 4 is 34.6 Å². The summed E-state index contributed by atoms with van der Waals surface area (Å²) < 4.78 is 0. The van der Waals surface area contributed by atoms with Crippen LogP contribution in [0.5, 0.6) is 5.75 Å².